The number of carbonyl (C=O) groups is 2. The van der Waals surface area contributed by atoms with Crippen LogP contribution in [-0.4, -0.2) is 28.4 Å². The van der Waals surface area contributed by atoms with Crippen molar-refractivity contribution in [2.75, 3.05) is 6.54 Å². The lowest BCUT2D eigenvalue weighted by molar-refractivity contribution is -0.139. The van der Waals surface area contributed by atoms with E-state index in [0.29, 0.717) is 13.0 Å². The second kappa shape index (κ2) is 5.69. The highest BCUT2D eigenvalue weighted by molar-refractivity contribution is 5.80. The predicted molar refractivity (Wildman–Crippen MR) is 71.5 cm³/mol. The topological polar surface area (TPSA) is 57.6 Å². The number of likely N-dealkylation sites (tertiary alicyclic amines) is 1. The maximum absolute atomic E-state index is 12.0. The molecule has 1 aromatic rings. The Hall–Kier alpha value is -2.10. The van der Waals surface area contributed by atoms with Gasteiger partial charge in [-0.1, -0.05) is 36.4 Å². The maximum atomic E-state index is 12.0. The first-order chi connectivity index (χ1) is 9.11. The highest BCUT2D eigenvalue weighted by Crippen LogP contribution is 2.31. The van der Waals surface area contributed by atoms with Crippen molar-refractivity contribution in [2.24, 2.45) is 5.92 Å². The molecule has 1 aliphatic rings. The summed E-state index contributed by atoms with van der Waals surface area (Å²) in [5, 5.41) is 9.06. The second-order valence-corrected chi connectivity index (χ2v) is 4.77. The van der Waals surface area contributed by atoms with Gasteiger partial charge in [0.1, 0.15) is 0 Å². The average molecular weight is 259 g/mol. The molecule has 4 heteroatoms. The van der Waals surface area contributed by atoms with Gasteiger partial charge in [0.05, 0.1) is 12.5 Å². The van der Waals surface area contributed by atoms with Crippen molar-refractivity contribution < 1.29 is 14.7 Å². The van der Waals surface area contributed by atoms with Gasteiger partial charge in [0.2, 0.25) is 5.91 Å². The molecule has 1 amide bonds. The van der Waals surface area contributed by atoms with Crippen LogP contribution < -0.4 is 0 Å². The Labute approximate surface area is 112 Å². The minimum atomic E-state index is -0.899. The smallest absolute Gasteiger partial charge is 0.305 e. The van der Waals surface area contributed by atoms with Crippen molar-refractivity contribution in [1.82, 2.24) is 4.90 Å². The van der Waals surface area contributed by atoms with E-state index in [0.717, 1.165) is 5.56 Å². The zero-order valence-corrected chi connectivity index (χ0v) is 10.7. The van der Waals surface area contributed by atoms with Crippen LogP contribution in [-0.2, 0) is 9.59 Å². The molecular weight excluding hydrogens is 242 g/mol. The van der Waals surface area contributed by atoms with Crippen LogP contribution in [0.25, 0.3) is 0 Å². The van der Waals surface area contributed by atoms with Crippen LogP contribution in [0.4, 0.5) is 0 Å². The summed E-state index contributed by atoms with van der Waals surface area (Å²) in [6.45, 7) is 4.26. The molecule has 0 radical (unpaired) electrons. The fraction of sp³-hybridized carbons (Fsp3) is 0.333. The molecule has 0 aromatic heterocycles. The van der Waals surface area contributed by atoms with E-state index in [1.807, 2.05) is 30.3 Å². The Morgan fingerprint density at radius 1 is 1.47 bits per heavy atom. The summed E-state index contributed by atoms with van der Waals surface area (Å²) in [5.74, 6) is -0.781. The van der Waals surface area contributed by atoms with E-state index >= 15 is 0 Å². The molecule has 1 N–H and O–H groups in total. The van der Waals surface area contributed by atoms with Gasteiger partial charge in [-0.25, -0.2) is 0 Å². The van der Waals surface area contributed by atoms with Crippen molar-refractivity contribution in [2.45, 2.75) is 18.9 Å². The summed E-state index contributed by atoms with van der Waals surface area (Å²) < 4.78 is 0. The fourth-order valence-corrected chi connectivity index (χ4v) is 2.47. The van der Waals surface area contributed by atoms with Crippen LogP contribution in [0.15, 0.2) is 43.0 Å². The molecule has 1 aromatic carbocycles. The van der Waals surface area contributed by atoms with Gasteiger partial charge in [-0.2, -0.15) is 0 Å². The first kappa shape index (κ1) is 13.3. The zero-order chi connectivity index (χ0) is 13.8. The zero-order valence-electron chi connectivity index (χ0n) is 10.7. The molecule has 100 valence electrons. The number of carboxylic acids is 1. The average Bonchev–Trinajstić information content (AvgIpc) is 2.78. The SMILES string of the molecule is C=CC1CC(=O)N(C(CC(=O)O)c2ccccc2)C1. The Balaban J connectivity index is 2.26. The molecule has 1 saturated heterocycles. The van der Waals surface area contributed by atoms with Crippen LogP contribution in [0, 0.1) is 5.92 Å². The van der Waals surface area contributed by atoms with Gasteiger partial charge in [0, 0.05) is 18.9 Å². The number of benzene rings is 1. The summed E-state index contributed by atoms with van der Waals surface area (Å²) in [5.41, 5.74) is 0.864. The lowest BCUT2D eigenvalue weighted by Crippen LogP contribution is -2.31. The van der Waals surface area contributed by atoms with Gasteiger partial charge in [-0.3, -0.25) is 9.59 Å². The first-order valence-corrected chi connectivity index (χ1v) is 6.30. The van der Waals surface area contributed by atoms with Gasteiger partial charge in [-0.05, 0) is 5.56 Å². The van der Waals surface area contributed by atoms with Gasteiger partial charge in [-0.15, -0.1) is 6.58 Å². The van der Waals surface area contributed by atoms with E-state index in [-0.39, 0.29) is 18.2 Å². The number of nitrogens with zero attached hydrogens (tertiary/aromatic N) is 1. The number of carbonyl (C=O) groups excluding carboxylic acids is 1. The van der Waals surface area contributed by atoms with Crippen molar-refractivity contribution in [3.8, 4) is 0 Å². The molecule has 1 fully saturated rings. The number of rotatable bonds is 5. The van der Waals surface area contributed by atoms with E-state index < -0.39 is 12.0 Å². The molecular formula is C15H17NO3. The first-order valence-electron chi connectivity index (χ1n) is 6.30. The molecule has 19 heavy (non-hydrogen) atoms. The lowest BCUT2D eigenvalue weighted by Gasteiger charge is -2.27. The number of hydrogen-bond acceptors (Lipinski definition) is 2. The molecule has 0 spiro atoms. The Morgan fingerprint density at radius 2 is 2.16 bits per heavy atom. The number of aliphatic carboxylic acids is 1. The van der Waals surface area contributed by atoms with Crippen LogP contribution in [0.1, 0.15) is 24.4 Å². The summed E-state index contributed by atoms with van der Waals surface area (Å²) >= 11 is 0. The third-order valence-electron chi connectivity index (χ3n) is 3.45. The van der Waals surface area contributed by atoms with Gasteiger partial charge in [0.15, 0.2) is 0 Å². The number of hydrogen-bond donors (Lipinski definition) is 1. The normalized spacial score (nSPS) is 20.3. The second-order valence-electron chi connectivity index (χ2n) is 4.77. The summed E-state index contributed by atoms with van der Waals surface area (Å²) in [4.78, 5) is 24.7. The largest absolute Gasteiger partial charge is 0.481 e. The molecule has 2 atom stereocenters. The third kappa shape index (κ3) is 3.02. The van der Waals surface area contributed by atoms with Crippen molar-refractivity contribution in [1.29, 1.82) is 0 Å². The molecule has 0 bridgehead atoms. The molecule has 1 heterocycles. The standard InChI is InChI=1S/C15H17NO3/c1-2-11-8-14(17)16(10-11)13(9-15(18)19)12-6-4-3-5-7-12/h2-7,11,13H,1,8-10H2,(H,18,19). The Bertz CT molecular complexity index is 483. The van der Waals surface area contributed by atoms with E-state index in [1.54, 1.807) is 11.0 Å². The molecule has 2 unspecified atom stereocenters. The maximum Gasteiger partial charge on any atom is 0.305 e. The van der Waals surface area contributed by atoms with E-state index in [1.165, 1.54) is 0 Å². The number of carboxylic acid groups (broad SMARTS) is 1. The molecule has 0 aliphatic carbocycles. The molecule has 4 nitrogen and oxygen atoms in total. The molecule has 2 rings (SSSR count). The predicted octanol–water partition coefficient (Wildman–Crippen LogP) is 2.24. The quantitative estimate of drug-likeness (QED) is 0.825. The summed E-state index contributed by atoms with van der Waals surface area (Å²) in [7, 11) is 0. The van der Waals surface area contributed by atoms with Crippen molar-refractivity contribution in [3.63, 3.8) is 0 Å². The Kier molecular flexibility index (Phi) is 4.00. The molecule has 1 aliphatic heterocycles. The fourth-order valence-electron chi connectivity index (χ4n) is 2.47. The highest BCUT2D eigenvalue weighted by atomic mass is 16.4. The summed E-state index contributed by atoms with van der Waals surface area (Å²) in [6, 6.07) is 8.92. The summed E-state index contributed by atoms with van der Waals surface area (Å²) in [6.07, 6.45) is 2.12. The van der Waals surface area contributed by atoms with Gasteiger partial charge < -0.3 is 10.0 Å². The van der Waals surface area contributed by atoms with Crippen molar-refractivity contribution in [3.05, 3.63) is 48.6 Å². The lowest BCUT2D eigenvalue weighted by atomic mass is 10.0. The van der Waals surface area contributed by atoms with Crippen LogP contribution in [0.3, 0.4) is 0 Å². The van der Waals surface area contributed by atoms with Gasteiger partial charge in [0.25, 0.3) is 0 Å². The van der Waals surface area contributed by atoms with Crippen molar-refractivity contribution >= 4 is 11.9 Å². The Morgan fingerprint density at radius 3 is 2.68 bits per heavy atom. The number of amides is 1. The van der Waals surface area contributed by atoms with Crippen LogP contribution in [0.5, 0.6) is 0 Å². The third-order valence-corrected chi connectivity index (χ3v) is 3.45. The minimum Gasteiger partial charge on any atom is -0.481 e. The van der Waals surface area contributed by atoms with Gasteiger partial charge >= 0.3 is 5.97 Å². The van der Waals surface area contributed by atoms with Crippen LogP contribution >= 0.6 is 0 Å². The van der Waals surface area contributed by atoms with E-state index in [4.69, 9.17) is 5.11 Å². The highest BCUT2D eigenvalue weighted by Gasteiger charge is 2.34. The minimum absolute atomic E-state index is 0.00000283. The monoisotopic (exact) mass is 259 g/mol. The molecule has 0 saturated carbocycles. The van der Waals surface area contributed by atoms with E-state index in [2.05, 4.69) is 6.58 Å². The van der Waals surface area contributed by atoms with E-state index in [9.17, 15) is 9.59 Å². The van der Waals surface area contributed by atoms with Crippen LogP contribution in [0.2, 0.25) is 0 Å².